The van der Waals surface area contributed by atoms with E-state index in [0.717, 1.165) is 43.4 Å². The average Bonchev–Trinajstić information content (AvgIpc) is 3.35. The molecule has 0 fully saturated rings. The Morgan fingerprint density at radius 3 is 2.47 bits per heavy atom. The summed E-state index contributed by atoms with van der Waals surface area (Å²) in [4.78, 5) is 25.6. The van der Waals surface area contributed by atoms with Crippen molar-refractivity contribution in [3.05, 3.63) is 39.9 Å². The van der Waals surface area contributed by atoms with E-state index in [1.807, 2.05) is 32.9 Å². The van der Waals surface area contributed by atoms with Crippen molar-refractivity contribution >= 4 is 28.9 Å². The highest BCUT2D eigenvalue weighted by atomic mass is 16.6. The lowest BCUT2D eigenvalue weighted by Gasteiger charge is -2.20. The summed E-state index contributed by atoms with van der Waals surface area (Å²) in [6.07, 6.45) is 5.15. The molecule has 0 atom stereocenters. The van der Waals surface area contributed by atoms with E-state index in [4.69, 9.17) is 24.8 Å². The number of anilines is 1. The van der Waals surface area contributed by atoms with Gasteiger partial charge in [-0.1, -0.05) is 13.3 Å². The first-order valence-corrected chi connectivity index (χ1v) is 14.5. The molecule has 2 aromatic heterocycles. The molecule has 2 N–H and O–H groups in total. The number of alkyl carbamates (subject to hydrolysis) is 1. The topological polar surface area (TPSA) is 164 Å². The standard InChI is InChI=1S/C29H44N10O4/c1-8-9-12-31-26-25-22(33-27(34-26)35-37-30)19-39(36-25)18-21-23(41-6)15-20(16-24(21)42-7)17-38(5)14-11-10-13-32-28(40)43-29(2,3)4/h15-16,19H,8-14,17-18H2,1-7H3,(H,32,40)(H,31,33,34). The number of unbranched alkanes of at least 4 members (excludes halogenated alkanes) is 2. The van der Waals surface area contributed by atoms with Gasteiger partial charge in [0, 0.05) is 24.5 Å². The maximum Gasteiger partial charge on any atom is 0.407 e. The third-order valence-electron chi connectivity index (χ3n) is 6.43. The highest BCUT2D eigenvalue weighted by molar-refractivity contribution is 5.85. The van der Waals surface area contributed by atoms with Crippen molar-refractivity contribution in [1.82, 2.24) is 30.0 Å². The summed E-state index contributed by atoms with van der Waals surface area (Å²) in [6, 6.07) is 4.03. The number of nitrogens with zero attached hydrogens (tertiary/aromatic N) is 8. The van der Waals surface area contributed by atoms with E-state index in [-0.39, 0.29) is 5.95 Å². The van der Waals surface area contributed by atoms with Crippen molar-refractivity contribution in [2.75, 3.05) is 46.2 Å². The monoisotopic (exact) mass is 596 g/mol. The second-order valence-electron chi connectivity index (χ2n) is 11.3. The minimum atomic E-state index is -0.504. The first-order valence-electron chi connectivity index (χ1n) is 14.5. The number of ether oxygens (including phenoxy) is 3. The summed E-state index contributed by atoms with van der Waals surface area (Å²) in [5.74, 6) is 1.94. The van der Waals surface area contributed by atoms with Crippen LogP contribution in [0.1, 0.15) is 64.5 Å². The Morgan fingerprint density at radius 1 is 1.12 bits per heavy atom. The second kappa shape index (κ2) is 15.8. The van der Waals surface area contributed by atoms with Crippen LogP contribution in [0.4, 0.5) is 16.6 Å². The fourth-order valence-electron chi connectivity index (χ4n) is 4.47. The lowest BCUT2D eigenvalue weighted by atomic mass is 10.1. The molecule has 0 radical (unpaired) electrons. The highest BCUT2D eigenvalue weighted by Gasteiger charge is 2.18. The van der Waals surface area contributed by atoms with Gasteiger partial charge in [0.2, 0.25) is 5.95 Å². The zero-order valence-electron chi connectivity index (χ0n) is 26.3. The summed E-state index contributed by atoms with van der Waals surface area (Å²) >= 11 is 0. The van der Waals surface area contributed by atoms with E-state index in [2.05, 4.69) is 49.5 Å². The summed E-state index contributed by atoms with van der Waals surface area (Å²) in [5, 5.41) is 14.4. The van der Waals surface area contributed by atoms with E-state index in [9.17, 15) is 4.79 Å². The van der Waals surface area contributed by atoms with Crippen LogP contribution in [0.3, 0.4) is 0 Å². The molecule has 0 aliphatic rings. The predicted octanol–water partition coefficient (Wildman–Crippen LogP) is 5.78. The number of carbonyl (C=O) groups is 1. The molecule has 0 unspecified atom stereocenters. The maximum absolute atomic E-state index is 11.8. The summed E-state index contributed by atoms with van der Waals surface area (Å²) < 4.78 is 18.6. The van der Waals surface area contributed by atoms with Crippen molar-refractivity contribution < 1.29 is 19.0 Å². The van der Waals surface area contributed by atoms with Gasteiger partial charge in [0.1, 0.15) is 22.6 Å². The second-order valence-corrected chi connectivity index (χ2v) is 11.3. The normalized spacial score (nSPS) is 11.3. The molecule has 1 amide bonds. The summed E-state index contributed by atoms with van der Waals surface area (Å²) in [7, 11) is 5.33. The number of hydrogen-bond donors (Lipinski definition) is 2. The maximum atomic E-state index is 11.8. The van der Waals surface area contributed by atoms with Crippen LogP contribution < -0.4 is 20.1 Å². The molecule has 0 saturated carbocycles. The van der Waals surface area contributed by atoms with Crippen LogP contribution in [-0.2, 0) is 17.8 Å². The largest absolute Gasteiger partial charge is 0.496 e. The molecule has 0 aliphatic heterocycles. The van der Waals surface area contributed by atoms with Gasteiger partial charge in [-0.25, -0.2) is 14.8 Å². The van der Waals surface area contributed by atoms with Crippen LogP contribution in [0.5, 0.6) is 11.5 Å². The molecule has 0 bridgehead atoms. The third-order valence-corrected chi connectivity index (χ3v) is 6.43. The van der Waals surface area contributed by atoms with Crippen molar-refractivity contribution in [3.63, 3.8) is 0 Å². The lowest BCUT2D eigenvalue weighted by molar-refractivity contribution is 0.0526. The zero-order valence-corrected chi connectivity index (χ0v) is 26.3. The number of amides is 1. The van der Waals surface area contributed by atoms with Crippen LogP contribution in [-0.4, -0.2) is 77.2 Å². The molecule has 234 valence electrons. The SMILES string of the molecule is CCCCNc1nc(N=[N+]=[N-])nc2cn(Cc3c(OC)cc(CN(C)CCCCNC(=O)OC(C)(C)C)cc3OC)nc12. The molecule has 0 spiro atoms. The number of aromatic nitrogens is 4. The van der Waals surface area contributed by atoms with Gasteiger partial charge in [-0.3, -0.25) is 4.68 Å². The van der Waals surface area contributed by atoms with Crippen molar-refractivity contribution in [2.45, 2.75) is 72.1 Å². The number of hydrogen-bond acceptors (Lipinski definition) is 10. The molecular weight excluding hydrogens is 552 g/mol. The third kappa shape index (κ3) is 10.2. The molecule has 14 heteroatoms. The van der Waals surface area contributed by atoms with Crippen molar-refractivity contribution in [3.8, 4) is 11.5 Å². The summed E-state index contributed by atoms with van der Waals surface area (Å²) in [5.41, 5.74) is 11.4. The Balaban J connectivity index is 1.69. The van der Waals surface area contributed by atoms with Gasteiger partial charge in [0.25, 0.3) is 0 Å². The molecule has 0 aliphatic carbocycles. The van der Waals surface area contributed by atoms with E-state index in [0.29, 0.717) is 54.5 Å². The number of carbonyl (C=O) groups excluding carboxylic acids is 1. The average molecular weight is 597 g/mol. The molecule has 3 aromatic rings. The Labute approximate surface area is 252 Å². The minimum absolute atomic E-state index is 0.0384. The van der Waals surface area contributed by atoms with Gasteiger partial charge in [-0.2, -0.15) is 5.10 Å². The fraction of sp³-hybridized carbons (Fsp3) is 0.586. The predicted molar refractivity (Wildman–Crippen MR) is 166 cm³/mol. The summed E-state index contributed by atoms with van der Waals surface area (Å²) in [6.45, 7) is 10.8. The first kappa shape index (κ1) is 33.2. The highest BCUT2D eigenvalue weighted by Crippen LogP contribution is 2.32. The number of nitrogens with one attached hydrogen (secondary N) is 2. The Hall–Kier alpha value is -4.29. The first-order chi connectivity index (χ1) is 20.6. The number of fused-ring (bicyclic) bond motifs is 1. The molecule has 43 heavy (non-hydrogen) atoms. The quantitative estimate of drug-likeness (QED) is 0.0902. The molecule has 2 heterocycles. The smallest absolute Gasteiger partial charge is 0.407 e. The Kier molecular flexibility index (Phi) is 12.2. The minimum Gasteiger partial charge on any atom is -0.496 e. The van der Waals surface area contributed by atoms with Gasteiger partial charge in [0.15, 0.2) is 11.3 Å². The van der Waals surface area contributed by atoms with Gasteiger partial charge >= 0.3 is 6.09 Å². The number of rotatable bonds is 16. The van der Waals surface area contributed by atoms with Crippen LogP contribution >= 0.6 is 0 Å². The molecular formula is C29H44N10O4. The van der Waals surface area contributed by atoms with Gasteiger partial charge in [-0.15, -0.1) is 0 Å². The van der Waals surface area contributed by atoms with Gasteiger partial charge in [-0.05, 0) is 82.0 Å². The van der Waals surface area contributed by atoms with E-state index in [1.54, 1.807) is 25.1 Å². The van der Waals surface area contributed by atoms with Crippen molar-refractivity contribution in [2.24, 2.45) is 5.11 Å². The van der Waals surface area contributed by atoms with Crippen LogP contribution in [0.25, 0.3) is 21.5 Å². The van der Waals surface area contributed by atoms with Crippen LogP contribution in [0.2, 0.25) is 0 Å². The lowest BCUT2D eigenvalue weighted by Crippen LogP contribution is -2.33. The molecule has 1 aromatic carbocycles. The van der Waals surface area contributed by atoms with E-state index in [1.165, 1.54) is 0 Å². The van der Waals surface area contributed by atoms with Gasteiger partial charge < -0.3 is 29.7 Å². The molecule has 14 nitrogen and oxygen atoms in total. The Morgan fingerprint density at radius 2 is 1.84 bits per heavy atom. The Bertz CT molecular complexity index is 1390. The zero-order chi connectivity index (χ0) is 31.4. The molecule has 3 rings (SSSR count). The fourth-order valence-corrected chi connectivity index (χ4v) is 4.47. The van der Waals surface area contributed by atoms with Crippen molar-refractivity contribution in [1.29, 1.82) is 0 Å². The van der Waals surface area contributed by atoms with E-state index < -0.39 is 11.7 Å². The number of methoxy groups -OCH3 is 2. The number of benzene rings is 1. The van der Waals surface area contributed by atoms with E-state index >= 15 is 0 Å². The number of azide groups is 1. The van der Waals surface area contributed by atoms with Crippen LogP contribution in [0.15, 0.2) is 23.4 Å². The van der Waals surface area contributed by atoms with Crippen LogP contribution in [0, 0.1) is 0 Å². The molecule has 0 saturated heterocycles. The van der Waals surface area contributed by atoms with Gasteiger partial charge in [0.05, 0.1) is 32.5 Å².